The van der Waals surface area contributed by atoms with E-state index in [1.165, 1.54) is 11.6 Å². The second-order valence-corrected chi connectivity index (χ2v) is 6.36. The van der Waals surface area contributed by atoms with Crippen LogP contribution in [0.1, 0.15) is 33.0 Å². The number of nitrogens with zero attached hydrogens (tertiary/aromatic N) is 1. The van der Waals surface area contributed by atoms with Gasteiger partial charge in [0.25, 0.3) is 11.8 Å². The number of rotatable bonds is 4. The highest BCUT2D eigenvalue weighted by Gasteiger charge is 2.10. The zero-order valence-electron chi connectivity index (χ0n) is 15.5. The zero-order chi connectivity index (χ0) is 19.4. The number of nitrogens with one attached hydrogen (secondary N) is 3. The molecular formula is C21H22N4O2. The molecule has 0 aliphatic heterocycles. The maximum atomic E-state index is 12.0. The summed E-state index contributed by atoms with van der Waals surface area (Å²) >= 11 is 0. The van der Waals surface area contributed by atoms with Gasteiger partial charge in [0.2, 0.25) is 0 Å². The van der Waals surface area contributed by atoms with E-state index in [0.29, 0.717) is 5.69 Å². The minimum absolute atomic E-state index is 0.376. The molecule has 3 aromatic rings. The van der Waals surface area contributed by atoms with Crippen LogP contribution in [0.15, 0.2) is 54.7 Å². The van der Waals surface area contributed by atoms with Gasteiger partial charge < -0.3 is 9.55 Å². The molecule has 0 radical (unpaired) electrons. The Balaban J connectivity index is 1.68. The first kappa shape index (κ1) is 18.3. The summed E-state index contributed by atoms with van der Waals surface area (Å²) in [6.45, 7) is 6.10. The Hall–Kier alpha value is -3.54. The van der Waals surface area contributed by atoms with Crippen LogP contribution in [-0.2, 0) is 4.79 Å². The molecule has 6 heteroatoms. The van der Waals surface area contributed by atoms with Crippen molar-refractivity contribution >= 4 is 17.9 Å². The molecule has 2 heterocycles. The molecule has 0 atom stereocenters. The molecule has 2 aromatic heterocycles. The molecular weight excluding hydrogens is 340 g/mol. The number of aryl methyl sites for hydroxylation is 2. The molecule has 2 amide bonds. The normalized spacial score (nSPS) is 10.9. The van der Waals surface area contributed by atoms with Gasteiger partial charge >= 0.3 is 0 Å². The Morgan fingerprint density at radius 3 is 2.44 bits per heavy atom. The number of benzene rings is 1. The number of H-pyrrole nitrogens is 1. The van der Waals surface area contributed by atoms with Gasteiger partial charge in [0, 0.05) is 29.3 Å². The van der Waals surface area contributed by atoms with Crippen LogP contribution in [0.3, 0.4) is 0 Å². The van der Waals surface area contributed by atoms with E-state index in [1.807, 2.05) is 19.9 Å². The smallest absolute Gasteiger partial charge is 0.286 e. The predicted molar refractivity (Wildman–Crippen MR) is 105 cm³/mol. The highest BCUT2D eigenvalue weighted by atomic mass is 16.2. The van der Waals surface area contributed by atoms with Crippen LogP contribution in [0.4, 0.5) is 0 Å². The van der Waals surface area contributed by atoms with Crippen LogP contribution in [0.2, 0.25) is 0 Å². The van der Waals surface area contributed by atoms with Crippen LogP contribution in [0.25, 0.3) is 11.8 Å². The topological polar surface area (TPSA) is 78.9 Å². The van der Waals surface area contributed by atoms with Crippen LogP contribution in [-0.4, -0.2) is 21.4 Å². The fourth-order valence-electron chi connectivity index (χ4n) is 2.91. The lowest BCUT2D eigenvalue weighted by Crippen LogP contribution is -2.40. The van der Waals surface area contributed by atoms with Crippen LogP contribution in [0.5, 0.6) is 0 Å². The molecule has 3 rings (SSSR count). The van der Waals surface area contributed by atoms with Gasteiger partial charge in [0.05, 0.1) is 0 Å². The summed E-state index contributed by atoms with van der Waals surface area (Å²) in [5, 5.41) is 0. The molecule has 27 heavy (non-hydrogen) atoms. The van der Waals surface area contributed by atoms with Gasteiger partial charge in [-0.1, -0.05) is 17.7 Å². The third kappa shape index (κ3) is 4.17. The number of carbonyl (C=O) groups excluding carboxylic acids is 2. The van der Waals surface area contributed by atoms with Gasteiger partial charge in [0.1, 0.15) is 5.69 Å². The zero-order valence-corrected chi connectivity index (χ0v) is 15.5. The van der Waals surface area contributed by atoms with E-state index in [-0.39, 0.29) is 0 Å². The molecule has 0 bridgehead atoms. The summed E-state index contributed by atoms with van der Waals surface area (Å²) in [7, 11) is 0. The Morgan fingerprint density at radius 2 is 1.78 bits per heavy atom. The lowest BCUT2D eigenvalue weighted by Gasteiger charge is -2.09. The molecule has 0 saturated carbocycles. The number of amides is 2. The monoisotopic (exact) mass is 362 g/mol. The van der Waals surface area contributed by atoms with Crippen molar-refractivity contribution < 1.29 is 9.59 Å². The molecule has 0 unspecified atom stereocenters. The van der Waals surface area contributed by atoms with Gasteiger partial charge in [-0.2, -0.15) is 0 Å². The van der Waals surface area contributed by atoms with Crippen LogP contribution in [0, 0.1) is 20.8 Å². The predicted octanol–water partition coefficient (Wildman–Crippen LogP) is 3.21. The second-order valence-electron chi connectivity index (χ2n) is 6.36. The Labute approximate surface area is 157 Å². The summed E-state index contributed by atoms with van der Waals surface area (Å²) in [5.41, 5.74) is 10.5. The van der Waals surface area contributed by atoms with Crippen molar-refractivity contribution in [1.29, 1.82) is 0 Å². The largest absolute Gasteiger partial charge is 0.357 e. The second kappa shape index (κ2) is 7.78. The molecule has 3 N–H and O–H groups in total. The maximum absolute atomic E-state index is 12.0. The number of hydrogen-bond donors (Lipinski definition) is 3. The first-order valence-electron chi connectivity index (χ1n) is 8.63. The van der Waals surface area contributed by atoms with Crippen molar-refractivity contribution in [3.63, 3.8) is 0 Å². The van der Waals surface area contributed by atoms with Crippen molar-refractivity contribution in [2.24, 2.45) is 0 Å². The van der Waals surface area contributed by atoms with Crippen molar-refractivity contribution in [2.45, 2.75) is 20.8 Å². The van der Waals surface area contributed by atoms with E-state index in [4.69, 9.17) is 0 Å². The van der Waals surface area contributed by atoms with Crippen molar-refractivity contribution in [2.75, 3.05) is 0 Å². The van der Waals surface area contributed by atoms with E-state index in [2.05, 4.69) is 51.6 Å². The quantitative estimate of drug-likeness (QED) is 0.492. The summed E-state index contributed by atoms with van der Waals surface area (Å²) in [4.78, 5) is 26.5. The first-order valence-corrected chi connectivity index (χ1v) is 8.63. The number of hydrogen-bond acceptors (Lipinski definition) is 2. The Morgan fingerprint density at radius 1 is 1.04 bits per heavy atom. The van der Waals surface area contributed by atoms with Crippen molar-refractivity contribution in [1.82, 2.24) is 20.4 Å². The summed E-state index contributed by atoms with van der Waals surface area (Å²) < 4.78 is 2.14. The highest BCUT2D eigenvalue weighted by molar-refractivity contribution is 5.97. The average Bonchev–Trinajstić information content (AvgIpc) is 3.28. The van der Waals surface area contributed by atoms with Crippen molar-refractivity contribution in [3.8, 4) is 5.69 Å². The van der Waals surface area contributed by atoms with Gasteiger partial charge in [-0.05, 0) is 62.7 Å². The summed E-state index contributed by atoms with van der Waals surface area (Å²) in [6, 6.07) is 13.7. The summed E-state index contributed by atoms with van der Waals surface area (Å²) in [5.74, 6) is -0.811. The van der Waals surface area contributed by atoms with Gasteiger partial charge in [-0.25, -0.2) is 0 Å². The molecule has 6 nitrogen and oxygen atoms in total. The molecule has 0 aliphatic carbocycles. The molecule has 0 saturated heterocycles. The molecule has 1 aromatic carbocycles. The molecule has 0 spiro atoms. The van der Waals surface area contributed by atoms with E-state index < -0.39 is 11.8 Å². The van der Waals surface area contributed by atoms with E-state index >= 15 is 0 Å². The number of carbonyl (C=O) groups is 2. The minimum Gasteiger partial charge on any atom is -0.357 e. The van der Waals surface area contributed by atoms with Gasteiger partial charge in [-0.3, -0.25) is 20.4 Å². The summed E-state index contributed by atoms with van der Waals surface area (Å²) in [6.07, 6.45) is 4.78. The minimum atomic E-state index is -0.407. The lowest BCUT2D eigenvalue weighted by molar-refractivity contribution is -0.117. The van der Waals surface area contributed by atoms with E-state index in [9.17, 15) is 9.59 Å². The maximum Gasteiger partial charge on any atom is 0.286 e. The van der Waals surface area contributed by atoms with Crippen molar-refractivity contribution in [3.05, 3.63) is 82.9 Å². The Kier molecular flexibility index (Phi) is 5.26. The fourth-order valence-corrected chi connectivity index (χ4v) is 2.91. The fraction of sp³-hybridized carbons (Fsp3) is 0.143. The number of aromatic amines is 1. The number of hydrazine groups is 1. The van der Waals surface area contributed by atoms with Gasteiger partial charge in [-0.15, -0.1) is 0 Å². The standard InChI is InChI=1S/C21H22N4O2/c1-14-6-9-18(10-7-14)25-15(2)13-17(16(25)3)8-11-20(26)23-24-21(27)19-5-4-12-22-19/h4-13,22H,1-3H3,(H,23,26)(H,24,27). The Bertz CT molecular complexity index is 980. The molecule has 138 valence electrons. The number of aromatic nitrogens is 2. The van der Waals surface area contributed by atoms with E-state index in [0.717, 1.165) is 22.6 Å². The molecule has 0 fully saturated rings. The average molecular weight is 362 g/mol. The van der Waals surface area contributed by atoms with Crippen LogP contribution < -0.4 is 10.9 Å². The van der Waals surface area contributed by atoms with Gasteiger partial charge in [0.15, 0.2) is 0 Å². The SMILES string of the molecule is Cc1ccc(-n2c(C)cc(C=CC(=O)NNC(=O)c3ccc[nH]3)c2C)cc1. The lowest BCUT2D eigenvalue weighted by atomic mass is 10.2. The third-order valence-corrected chi connectivity index (χ3v) is 4.32. The van der Waals surface area contributed by atoms with Crippen LogP contribution >= 0.6 is 0 Å². The third-order valence-electron chi connectivity index (χ3n) is 4.32. The first-order chi connectivity index (χ1) is 13.0. The highest BCUT2D eigenvalue weighted by Crippen LogP contribution is 2.22. The van der Waals surface area contributed by atoms with E-state index in [1.54, 1.807) is 24.4 Å². The molecule has 0 aliphatic rings.